The van der Waals surface area contributed by atoms with E-state index in [1.807, 2.05) is 4.90 Å². The van der Waals surface area contributed by atoms with Crippen LogP contribution in [0.5, 0.6) is 0 Å². The Kier molecular flexibility index (Phi) is 5.36. The first kappa shape index (κ1) is 14.4. The van der Waals surface area contributed by atoms with Crippen LogP contribution in [0.25, 0.3) is 0 Å². The van der Waals surface area contributed by atoms with Crippen LogP contribution in [0.3, 0.4) is 0 Å². The number of nitrogens with two attached hydrogens (primary N) is 1. The minimum atomic E-state index is -0.864. The Morgan fingerprint density at radius 3 is 2.88 bits per heavy atom. The Bertz CT molecular complexity index is 301. The van der Waals surface area contributed by atoms with Gasteiger partial charge < -0.3 is 20.8 Å². The monoisotopic (exact) mass is 258 g/mol. The second-order valence-corrected chi connectivity index (χ2v) is 4.94. The molecule has 0 aromatic carbocycles. The van der Waals surface area contributed by atoms with Crippen molar-refractivity contribution in [3.05, 3.63) is 0 Å². The van der Waals surface area contributed by atoms with Crippen molar-refractivity contribution in [1.29, 1.82) is 0 Å². The smallest absolute Gasteiger partial charge is 0.309 e. The summed E-state index contributed by atoms with van der Waals surface area (Å²) in [5.74, 6) is -0.838. The molecule has 7 heteroatoms. The first-order chi connectivity index (χ1) is 7.93. The SMILES string of the molecule is CB(O)[C@@H]1CCCN1C(=S)[C@@H](N)CCC(=O)O. The largest absolute Gasteiger partial charge is 0.481 e. The van der Waals surface area contributed by atoms with E-state index >= 15 is 0 Å². The van der Waals surface area contributed by atoms with Crippen molar-refractivity contribution >= 4 is 30.1 Å². The molecular formula is C10H19BN2O3S. The van der Waals surface area contributed by atoms with Crippen molar-refractivity contribution in [3.8, 4) is 0 Å². The van der Waals surface area contributed by atoms with E-state index in [1.54, 1.807) is 6.82 Å². The van der Waals surface area contributed by atoms with Gasteiger partial charge in [-0.3, -0.25) is 4.79 Å². The van der Waals surface area contributed by atoms with Crippen molar-refractivity contribution in [2.45, 2.75) is 44.5 Å². The molecule has 0 radical (unpaired) electrons. The van der Waals surface area contributed by atoms with Gasteiger partial charge in [0.2, 0.25) is 0 Å². The molecule has 1 aliphatic rings. The number of carboxylic acid groups (broad SMARTS) is 1. The molecular weight excluding hydrogens is 239 g/mol. The number of carboxylic acids is 1. The van der Waals surface area contributed by atoms with Gasteiger partial charge >= 0.3 is 12.9 Å². The molecule has 2 atom stereocenters. The average molecular weight is 258 g/mol. The van der Waals surface area contributed by atoms with Crippen LogP contribution in [0.4, 0.5) is 0 Å². The third kappa shape index (κ3) is 3.94. The van der Waals surface area contributed by atoms with Crippen molar-refractivity contribution < 1.29 is 14.9 Å². The van der Waals surface area contributed by atoms with Gasteiger partial charge in [0.15, 0.2) is 0 Å². The van der Waals surface area contributed by atoms with Crippen molar-refractivity contribution in [1.82, 2.24) is 4.90 Å². The summed E-state index contributed by atoms with van der Waals surface area (Å²) in [7, 11) is 0. The van der Waals surface area contributed by atoms with Gasteiger partial charge in [-0.2, -0.15) is 0 Å². The molecule has 0 saturated carbocycles. The second kappa shape index (κ2) is 6.32. The molecule has 0 aliphatic carbocycles. The Labute approximate surface area is 107 Å². The highest BCUT2D eigenvalue weighted by atomic mass is 32.1. The summed E-state index contributed by atoms with van der Waals surface area (Å²) in [6.07, 6.45) is 2.26. The van der Waals surface area contributed by atoms with E-state index in [0.29, 0.717) is 11.4 Å². The zero-order chi connectivity index (χ0) is 13.0. The summed E-state index contributed by atoms with van der Waals surface area (Å²) in [6.45, 7) is 2.10. The summed E-state index contributed by atoms with van der Waals surface area (Å²) < 4.78 is 0. The van der Waals surface area contributed by atoms with Gasteiger partial charge in [0.05, 0.1) is 11.0 Å². The fourth-order valence-corrected chi connectivity index (χ4v) is 2.53. The maximum Gasteiger partial charge on any atom is 0.309 e. The number of hydrogen-bond acceptors (Lipinski definition) is 4. The van der Waals surface area contributed by atoms with E-state index < -0.39 is 18.9 Å². The van der Waals surface area contributed by atoms with Crippen molar-refractivity contribution in [3.63, 3.8) is 0 Å². The molecule has 0 spiro atoms. The molecule has 1 rings (SSSR count). The fraction of sp³-hybridized carbons (Fsp3) is 0.800. The molecule has 17 heavy (non-hydrogen) atoms. The highest BCUT2D eigenvalue weighted by Crippen LogP contribution is 2.21. The van der Waals surface area contributed by atoms with Gasteiger partial charge in [-0.15, -0.1) is 0 Å². The maximum atomic E-state index is 10.5. The van der Waals surface area contributed by atoms with E-state index in [2.05, 4.69) is 0 Å². The number of nitrogens with zero attached hydrogens (tertiary/aromatic N) is 1. The lowest BCUT2D eigenvalue weighted by molar-refractivity contribution is -0.137. The van der Waals surface area contributed by atoms with Crippen LogP contribution in [0.2, 0.25) is 6.82 Å². The van der Waals surface area contributed by atoms with Gasteiger partial charge in [-0.05, 0) is 19.3 Å². The van der Waals surface area contributed by atoms with Crippen LogP contribution < -0.4 is 5.73 Å². The zero-order valence-corrected chi connectivity index (χ0v) is 10.8. The Hall–Kier alpha value is -0.655. The Morgan fingerprint density at radius 1 is 1.71 bits per heavy atom. The number of hydrogen-bond donors (Lipinski definition) is 3. The topological polar surface area (TPSA) is 86.8 Å². The highest BCUT2D eigenvalue weighted by molar-refractivity contribution is 7.80. The number of rotatable bonds is 5. The van der Waals surface area contributed by atoms with E-state index in [-0.39, 0.29) is 12.4 Å². The second-order valence-electron chi connectivity index (χ2n) is 4.52. The Balaban J connectivity index is 2.53. The molecule has 0 bridgehead atoms. The van der Waals surface area contributed by atoms with Crippen LogP contribution in [0.1, 0.15) is 25.7 Å². The predicted molar refractivity (Wildman–Crippen MR) is 71.0 cm³/mol. The molecule has 1 fully saturated rings. The van der Waals surface area contributed by atoms with Gasteiger partial charge in [0.25, 0.3) is 0 Å². The summed E-state index contributed by atoms with van der Waals surface area (Å²) in [6, 6.07) is -0.416. The molecule has 0 aromatic heterocycles. The van der Waals surface area contributed by atoms with Gasteiger partial charge in [0, 0.05) is 18.9 Å². The lowest BCUT2D eigenvalue weighted by atomic mass is 9.62. The normalized spacial score (nSPS) is 21.4. The van der Waals surface area contributed by atoms with Crippen LogP contribution in [-0.4, -0.2) is 51.4 Å². The molecule has 0 unspecified atom stereocenters. The number of thiocarbonyl (C=S) groups is 1. The van der Waals surface area contributed by atoms with Crippen molar-refractivity contribution in [2.24, 2.45) is 5.73 Å². The lowest BCUT2D eigenvalue weighted by Crippen LogP contribution is -2.49. The van der Waals surface area contributed by atoms with Crippen LogP contribution in [0, 0.1) is 0 Å². The third-order valence-corrected chi connectivity index (χ3v) is 3.66. The fourth-order valence-electron chi connectivity index (χ4n) is 2.18. The maximum absolute atomic E-state index is 10.5. The molecule has 0 amide bonds. The minimum Gasteiger partial charge on any atom is -0.481 e. The van der Waals surface area contributed by atoms with E-state index in [1.165, 1.54) is 0 Å². The predicted octanol–water partition coefficient (Wildman–Crippen LogP) is 0.123. The zero-order valence-electron chi connectivity index (χ0n) is 10.0. The Morgan fingerprint density at radius 2 is 2.35 bits per heavy atom. The number of carbonyl (C=O) groups is 1. The molecule has 0 aromatic rings. The number of likely N-dealkylation sites (tertiary alicyclic amines) is 1. The molecule has 5 nitrogen and oxygen atoms in total. The summed E-state index contributed by atoms with van der Waals surface area (Å²) in [5.41, 5.74) is 5.88. The van der Waals surface area contributed by atoms with E-state index in [0.717, 1.165) is 19.4 Å². The van der Waals surface area contributed by atoms with Gasteiger partial charge in [-0.1, -0.05) is 19.0 Å². The minimum absolute atomic E-state index is 0.0223. The third-order valence-electron chi connectivity index (χ3n) is 3.13. The van der Waals surface area contributed by atoms with Crippen LogP contribution in [0.15, 0.2) is 0 Å². The number of aliphatic carboxylic acids is 1. The molecule has 4 N–H and O–H groups in total. The molecule has 1 aliphatic heterocycles. The summed E-state index contributed by atoms with van der Waals surface area (Å²) in [5, 5.41) is 18.2. The molecule has 1 saturated heterocycles. The highest BCUT2D eigenvalue weighted by Gasteiger charge is 2.33. The van der Waals surface area contributed by atoms with E-state index in [4.69, 9.17) is 23.1 Å². The van der Waals surface area contributed by atoms with Crippen molar-refractivity contribution in [2.75, 3.05) is 6.54 Å². The summed E-state index contributed by atoms with van der Waals surface area (Å²) in [4.78, 5) is 13.0. The van der Waals surface area contributed by atoms with Crippen LogP contribution >= 0.6 is 12.2 Å². The van der Waals surface area contributed by atoms with E-state index in [9.17, 15) is 9.82 Å². The molecule has 96 valence electrons. The first-order valence-corrected chi connectivity index (χ1v) is 6.30. The van der Waals surface area contributed by atoms with Gasteiger partial charge in [0.1, 0.15) is 0 Å². The quantitative estimate of drug-likeness (QED) is 0.479. The lowest BCUT2D eigenvalue weighted by Gasteiger charge is -2.30. The molecule has 1 heterocycles. The average Bonchev–Trinajstić information content (AvgIpc) is 2.73. The van der Waals surface area contributed by atoms with Crippen LogP contribution in [-0.2, 0) is 4.79 Å². The van der Waals surface area contributed by atoms with Gasteiger partial charge in [-0.25, -0.2) is 0 Å². The standard InChI is InChI=1S/C10H19BN2O3S/c1-11(16)8-3-2-6-13(8)10(17)7(12)4-5-9(14)15/h7-8,16H,2-6,12H2,1H3,(H,14,15)/t7-,8-/m0/s1. The first-order valence-electron chi connectivity index (χ1n) is 5.89. The summed E-state index contributed by atoms with van der Waals surface area (Å²) >= 11 is 5.28.